The van der Waals surface area contributed by atoms with Gasteiger partial charge in [-0.05, 0) is 18.1 Å². The number of benzene rings is 1. The minimum absolute atomic E-state index is 0.144. The molecule has 1 aromatic rings. The number of carboxylic acid groups (broad SMARTS) is 1. The molecule has 3 N–H and O–H groups in total. The second kappa shape index (κ2) is 7.93. The maximum absolute atomic E-state index is 11.6. The molecule has 0 atom stereocenters. The SMILES string of the molecule is CC(=O)NCCNC(=O)CCc1ccccc1C(=O)O. The first-order valence-corrected chi connectivity index (χ1v) is 6.33. The molecule has 0 saturated carbocycles. The molecule has 2 amide bonds. The van der Waals surface area contributed by atoms with Crippen LogP contribution in [0.1, 0.15) is 29.3 Å². The number of amides is 2. The molecule has 0 saturated heterocycles. The zero-order chi connectivity index (χ0) is 15.0. The van der Waals surface area contributed by atoms with Crippen molar-refractivity contribution in [3.05, 3.63) is 35.4 Å². The molecule has 0 unspecified atom stereocenters. The normalized spacial score (nSPS) is 9.85. The number of carboxylic acids is 1. The number of nitrogens with one attached hydrogen (secondary N) is 2. The molecule has 0 fully saturated rings. The van der Waals surface area contributed by atoms with Crippen LogP contribution in [-0.4, -0.2) is 36.0 Å². The van der Waals surface area contributed by atoms with Gasteiger partial charge in [0.25, 0.3) is 0 Å². The Labute approximate surface area is 117 Å². The lowest BCUT2D eigenvalue weighted by Gasteiger charge is -2.07. The second-order valence-electron chi connectivity index (χ2n) is 4.30. The Hall–Kier alpha value is -2.37. The lowest BCUT2D eigenvalue weighted by atomic mass is 10.0. The number of aromatic carboxylic acids is 1. The molecular formula is C14H18N2O4. The average Bonchev–Trinajstić information content (AvgIpc) is 2.41. The fraction of sp³-hybridized carbons (Fsp3) is 0.357. The van der Waals surface area contributed by atoms with Crippen molar-refractivity contribution < 1.29 is 19.5 Å². The molecule has 0 heterocycles. The van der Waals surface area contributed by atoms with Crippen LogP contribution in [0, 0.1) is 0 Å². The Kier molecular flexibility index (Phi) is 6.22. The number of carbonyl (C=O) groups excluding carboxylic acids is 2. The van der Waals surface area contributed by atoms with Crippen LogP contribution < -0.4 is 10.6 Å². The Balaban J connectivity index is 2.38. The molecule has 0 aliphatic rings. The zero-order valence-corrected chi connectivity index (χ0v) is 11.3. The van der Waals surface area contributed by atoms with Gasteiger partial charge in [0.15, 0.2) is 0 Å². The lowest BCUT2D eigenvalue weighted by Crippen LogP contribution is -2.33. The van der Waals surface area contributed by atoms with Crippen molar-refractivity contribution in [2.24, 2.45) is 0 Å². The highest BCUT2D eigenvalue weighted by Gasteiger charge is 2.10. The van der Waals surface area contributed by atoms with Crippen molar-refractivity contribution in [1.82, 2.24) is 10.6 Å². The van der Waals surface area contributed by atoms with Gasteiger partial charge in [-0.1, -0.05) is 18.2 Å². The predicted octanol–water partition coefficient (Wildman–Crippen LogP) is 0.570. The Bertz CT molecular complexity index is 500. The van der Waals surface area contributed by atoms with E-state index in [1.165, 1.54) is 13.0 Å². The first-order chi connectivity index (χ1) is 9.50. The van der Waals surface area contributed by atoms with E-state index in [9.17, 15) is 14.4 Å². The summed E-state index contributed by atoms with van der Waals surface area (Å²) in [5, 5.41) is 14.2. The molecule has 0 aliphatic carbocycles. The largest absolute Gasteiger partial charge is 0.478 e. The monoisotopic (exact) mass is 278 g/mol. The van der Waals surface area contributed by atoms with Gasteiger partial charge in [-0.15, -0.1) is 0 Å². The third kappa shape index (κ3) is 5.51. The van der Waals surface area contributed by atoms with Crippen molar-refractivity contribution in [2.75, 3.05) is 13.1 Å². The summed E-state index contributed by atoms with van der Waals surface area (Å²) in [5.74, 6) is -1.31. The maximum Gasteiger partial charge on any atom is 0.335 e. The highest BCUT2D eigenvalue weighted by Crippen LogP contribution is 2.10. The smallest absolute Gasteiger partial charge is 0.335 e. The van der Waals surface area contributed by atoms with E-state index >= 15 is 0 Å². The van der Waals surface area contributed by atoms with Gasteiger partial charge in [0.1, 0.15) is 0 Å². The topological polar surface area (TPSA) is 95.5 Å². The van der Waals surface area contributed by atoms with Crippen LogP contribution in [0.4, 0.5) is 0 Å². The Morgan fingerprint density at radius 2 is 1.75 bits per heavy atom. The van der Waals surface area contributed by atoms with E-state index < -0.39 is 5.97 Å². The Morgan fingerprint density at radius 1 is 1.10 bits per heavy atom. The first kappa shape index (κ1) is 15.7. The van der Waals surface area contributed by atoms with E-state index in [0.29, 0.717) is 25.1 Å². The van der Waals surface area contributed by atoms with Crippen molar-refractivity contribution >= 4 is 17.8 Å². The molecular weight excluding hydrogens is 260 g/mol. The van der Waals surface area contributed by atoms with Crippen molar-refractivity contribution in [1.29, 1.82) is 0 Å². The quantitative estimate of drug-likeness (QED) is 0.635. The van der Waals surface area contributed by atoms with Crippen LogP contribution in [0.15, 0.2) is 24.3 Å². The molecule has 1 aromatic carbocycles. The lowest BCUT2D eigenvalue weighted by molar-refractivity contribution is -0.122. The number of hydrogen-bond acceptors (Lipinski definition) is 3. The van der Waals surface area contributed by atoms with Crippen LogP contribution in [-0.2, 0) is 16.0 Å². The predicted molar refractivity (Wildman–Crippen MR) is 73.4 cm³/mol. The summed E-state index contributed by atoms with van der Waals surface area (Å²) in [6, 6.07) is 6.62. The summed E-state index contributed by atoms with van der Waals surface area (Å²) in [5.41, 5.74) is 0.857. The van der Waals surface area contributed by atoms with Crippen LogP contribution in [0.3, 0.4) is 0 Å². The van der Waals surface area contributed by atoms with Gasteiger partial charge in [0.2, 0.25) is 11.8 Å². The fourth-order valence-corrected chi connectivity index (χ4v) is 1.72. The summed E-state index contributed by atoms with van der Waals surface area (Å²) < 4.78 is 0. The van der Waals surface area contributed by atoms with E-state index in [4.69, 9.17) is 5.11 Å². The maximum atomic E-state index is 11.6. The highest BCUT2D eigenvalue weighted by molar-refractivity contribution is 5.89. The van der Waals surface area contributed by atoms with Gasteiger partial charge in [0.05, 0.1) is 5.56 Å². The highest BCUT2D eigenvalue weighted by atomic mass is 16.4. The molecule has 0 bridgehead atoms. The van der Waals surface area contributed by atoms with Gasteiger partial charge < -0.3 is 15.7 Å². The third-order valence-corrected chi connectivity index (χ3v) is 2.69. The van der Waals surface area contributed by atoms with Crippen molar-refractivity contribution in [3.63, 3.8) is 0 Å². The second-order valence-corrected chi connectivity index (χ2v) is 4.30. The van der Waals surface area contributed by atoms with Gasteiger partial charge in [-0.3, -0.25) is 9.59 Å². The van der Waals surface area contributed by atoms with Crippen molar-refractivity contribution in [3.8, 4) is 0 Å². The molecule has 0 spiro atoms. The van der Waals surface area contributed by atoms with Crippen LogP contribution >= 0.6 is 0 Å². The summed E-state index contributed by atoms with van der Waals surface area (Å²) in [4.78, 5) is 33.2. The summed E-state index contributed by atoms with van der Waals surface area (Å²) in [6.07, 6.45) is 0.582. The van der Waals surface area contributed by atoms with E-state index in [-0.39, 0.29) is 23.8 Å². The fourth-order valence-electron chi connectivity index (χ4n) is 1.72. The molecule has 1 rings (SSSR count). The summed E-state index contributed by atoms with van der Waals surface area (Å²) in [7, 11) is 0. The summed E-state index contributed by atoms with van der Waals surface area (Å²) >= 11 is 0. The molecule has 108 valence electrons. The number of aryl methyl sites for hydroxylation is 1. The average molecular weight is 278 g/mol. The van der Waals surface area contributed by atoms with Crippen molar-refractivity contribution in [2.45, 2.75) is 19.8 Å². The molecule has 0 aliphatic heterocycles. The van der Waals surface area contributed by atoms with Crippen LogP contribution in [0.25, 0.3) is 0 Å². The minimum atomic E-state index is -0.994. The molecule has 0 radical (unpaired) electrons. The van der Waals surface area contributed by atoms with E-state index in [2.05, 4.69) is 10.6 Å². The van der Waals surface area contributed by atoms with Gasteiger partial charge >= 0.3 is 5.97 Å². The molecule has 6 nitrogen and oxygen atoms in total. The van der Waals surface area contributed by atoms with Crippen LogP contribution in [0.2, 0.25) is 0 Å². The first-order valence-electron chi connectivity index (χ1n) is 6.33. The Morgan fingerprint density at radius 3 is 2.40 bits per heavy atom. The van der Waals surface area contributed by atoms with Crippen LogP contribution in [0.5, 0.6) is 0 Å². The third-order valence-electron chi connectivity index (χ3n) is 2.69. The van der Waals surface area contributed by atoms with E-state index in [1.807, 2.05) is 0 Å². The molecule has 20 heavy (non-hydrogen) atoms. The molecule has 6 heteroatoms. The van der Waals surface area contributed by atoms with Gasteiger partial charge in [-0.2, -0.15) is 0 Å². The standard InChI is InChI=1S/C14H18N2O4/c1-10(17)15-8-9-16-13(18)7-6-11-4-2-3-5-12(11)14(19)20/h2-5H,6-9H2,1H3,(H,15,17)(H,16,18)(H,19,20). The van der Waals surface area contributed by atoms with Gasteiger partial charge in [0, 0.05) is 26.4 Å². The van der Waals surface area contributed by atoms with Gasteiger partial charge in [-0.25, -0.2) is 4.79 Å². The minimum Gasteiger partial charge on any atom is -0.478 e. The molecule has 0 aromatic heterocycles. The number of rotatable bonds is 7. The summed E-state index contributed by atoms with van der Waals surface area (Å²) in [6.45, 7) is 2.15. The zero-order valence-electron chi connectivity index (χ0n) is 11.3. The number of carbonyl (C=O) groups is 3. The number of hydrogen-bond donors (Lipinski definition) is 3. The van der Waals surface area contributed by atoms with E-state index in [1.54, 1.807) is 18.2 Å². The van der Waals surface area contributed by atoms with E-state index in [0.717, 1.165) is 0 Å².